The molecule has 1 aromatic rings. The first kappa shape index (κ1) is 15.2. The molecule has 1 aliphatic heterocycles. The molecule has 0 bridgehead atoms. The van der Waals surface area contributed by atoms with Crippen LogP contribution in [0.15, 0.2) is 22.7 Å². The Morgan fingerprint density at radius 3 is 2.57 bits per heavy atom. The molecule has 6 heteroatoms. The van der Waals surface area contributed by atoms with Gasteiger partial charge in [0.1, 0.15) is 0 Å². The average molecular weight is 363 g/mol. The number of piperidine rings is 1. The van der Waals surface area contributed by atoms with Crippen LogP contribution in [0.25, 0.3) is 0 Å². The van der Waals surface area contributed by atoms with Gasteiger partial charge in [0.05, 0.1) is 5.56 Å². The monoisotopic (exact) mass is 362 g/mol. The number of hydrogen-bond acceptors (Lipinski definition) is 2. The maximum absolute atomic E-state index is 13.2. The van der Waals surface area contributed by atoms with Crippen LogP contribution in [0.1, 0.15) is 31.2 Å². The molecule has 116 valence electrons. The molecule has 1 heterocycles. The Kier molecular flexibility index (Phi) is 4.19. The van der Waals surface area contributed by atoms with E-state index in [1.54, 1.807) is 12.1 Å². The van der Waals surface area contributed by atoms with Gasteiger partial charge in [-0.2, -0.15) is 13.2 Å². The smallest absolute Gasteiger partial charge is 0.369 e. The second-order valence-corrected chi connectivity index (χ2v) is 6.80. The van der Waals surface area contributed by atoms with E-state index in [1.165, 1.54) is 18.9 Å². The van der Waals surface area contributed by atoms with E-state index in [0.717, 1.165) is 12.8 Å². The molecule has 0 amide bonds. The summed E-state index contributed by atoms with van der Waals surface area (Å²) in [6.07, 6.45) is 0.0454. The third-order valence-electron chi connectivity index (χ3n) is 4.07. The van der Waals surface area contributed by atoms with Gasteiger partial charge >= 0.3 is 6.18 Å². The summed E-state index contributed by atoms with van der Waals surface area (Å²) < 4.78 is 40.2. The highest BCUT2D eigenvalue weighted by molar-refractivity contribution is 9.10. The largest absolute Gasteiger partial charge is 0.418 e. The van der Waals surface area contributed by atoms with Crippen molar-refractivity contribution < 1.29 is 13.2 Å². The predicted molar refractivity (Wildman–Crippen MR) is 80.5 cm³/mol. The van der Waals surface area contributed by atoms with Gasteiger partial charge in [0.15, 0.2) is 0 Å². The topological polar surface area (TPSA) is 15.3 Å². The third kappa shape index (κ3) is 3.72. The van der Waals surface area contributed by atoms with Crippen molar-refractivity contribution in [2.75, 3.05) is 18.0 Å². The lowest BCUT2D eigenvalue weighted by molar-refractivity contribution is -0.137. The van der Waals surface area contributed by atoms with Gasteiger partial charge in [-0.25, -0.2) is 0 Å². The van der Waals surface area contributed by atoms with Crippen LogP contribution >= 0.6 is 15.9 Å². The number of nitrogens with one attached hydrogen (secondary N) is 1. The zero-order valence-electron chi connectivity index (χ0n) is 11.6. The van der Waals surface area contributed by atoms with Crippen LogP contribution in [-0.2, 0) is 6.18 Å². The number of rotatable bonds is 3. The van der Waals surface area contributed by atoms with Gasteiger partial charge in [-0.3, -0.25) is 0 Å². The summed E-state index contributed by atoms with van der Waals surface area (Å²) in [6.45, 7) is 1.34. The van der Waals surface area contributed by atoms with E-state index >= 15 is 0 Å². The van der Waals surface area contributed by atoms with Crippen LogP contribution in [0.2, 0.25) is 0 Å². The van der Waals surface area contributed by atoms with Crippen molar-refractivity contribution in [1.29, 1.82) is 0 Å². The number of halogens is 4. The van der Waals surface area contributed by atoms with Crippen molar-refractivity contribution in [2.45, 2.75) is 43.9 Å². The molecular formula is C15H18BrF3N2. The zero-order chi connectivity index (χ0) is 15.0. The van der Waals surface area contributed by atoms with Crippen LogP contribution in [0.3, 0.4) is 0 Å². The molecule has 1 saturated heterocycles. The SMILES string of the molecule is FC(F)(F)c1cc(Br)ccc1N1CCCC(NC2CC2)C1. The van der Waals surface area contributed by atoms with Gasteiger partial charge in [-0.1, -0.05) is 15.9 Å². The zero-order valence-corrected chi connectivity index (χ0v) is 13.2. The highest BCUT2D eigenvalue weighted by Crippen LogP contribution is 2.39. The summed E-state index contributed by atoms with van der Waals surface area (Å²) in [4.78, 5) is 1.87. The lowest BCUT2D eigenvalue weighted by atomic mass is 10.0. The first-order chi connectivity index (χ1) is 9.93. The Balaban J connectivity index is 1.81. The van der Waals surface area contributed by atoms with E-state index in [4.69, 9.17) is 0 Å². The minimum Gasteiger partial charge on any atom is -0.369 e. The van der Waals surface area contributed by atoms with E-state index in [1.807, 2.05) is 4.90 Å². The summed E-state index contributed by atoms with van der Waals surface area (Å²) in [6, 6.07) is 5.32. The molecule has 1 aliphatic carbocycles. The van der Waals surface area contributed by atoms with Crippen LogP contribution in [0.4, 0.5) is 18.9 Å². The molecule has 1 unspecified atom stereocenters. The Labute approximate surface area is 130 Å². The van der Waals surface area contributed by atoms with E-state index in [9.17, 15) is 13.2 Å². The molecule has 2 fully saturated rings. The maximum atomic E-state index is 13.2. The van der Waals surface area contributed by atoms with Gasteiger partial charge < -0.3 is 10.2 Å². The quantitative estimate of drug-likeness (QED) is 0.867. The highest BCUT2D eigenvalue weighted by atomic mass is 79.9. The summed E-state index contributed by atoms with van der Waals surface area (Å²) in [5, 5.41) is 3.53. The minimum atomic E-state index is -4.32. The number of nitrogens with zero attached hydrogens (tertiary/aromatic N) is 1. The van der Waals surface area contributed by atoms with Gasteiger partial charge in [0.25, 0.3) is 0 Å². The Bertz CT molecular complexity index is 514. The summed E-state index contributed by atoms with van der Waals surface area (Å²) in [5.41, 5.74) is -0.253. The molecule has 0 radical (unpaired) electrons. The van der Waals surface area contributed by atoms with Crippen molar-refractivity contribution >= 4 is 21.6 Å². The average Bonchev–Trinajstić information content (AvgIpc) is 3.22. The van der Waals surface area contributed by atoms with Crippen molar-refractivity contribution in [2.24, 2.45) is 0 Å². The van der Waals surface area contributed by atoms with Crippen molar-refractivity contribution in [3.8, 4) is 0 Å². The molecule has 1 saturated carbocycles. The third-order valence-corrected chi connectivity index (χ3v) is 4.57. The molecule has 1 atom stereocenters. The van der Waals surface area contributed by atoms with Crippen molar-refractivity contribution in [1.82, 2.24) is 5.32 Å². The Hall–Kier alpha value is -0.750. The summed E-state index contributed by atoms with van der Waals surface area (Å²) >= 11 is 3.13. The molecule has 1 N–H and O–H groups in total. The standard InChI is InChI=1S/C15H18BrF3N2/c16-10-3-6-14(13(8-10)15(17,18)19)21-7-1-2-12(9-21)20-11-4-5-11/h3,6,8,11-12,20H,1-2,4-5,7,9H2. The van der Waals surface area contributed by atoms with Crippen LogP contribution in [0, 0.1) is 0 Å². The summed E-state index contributed by atoms with van der Waals surface area (Å²) in [5.74, 6) is 0. The van der Waals surface area contributed by atoms with Crippen LogP contribution in [-0.4, -0.2) is 25.2 Å². The van der Waals surface area contributed by atoms with E-state index in [0.29, 0.717) is 35.3 Å². The molecule has 0 spiro atoms. The first-order valence-corrected chi connectivity index (χ1v) is 8.10. The van der Waals surface area contributed by atoms with Crippen LogP contribution in [0.5, 0.6) is 0 Å². The molecule has 3 rings (SSSR count). The van der Waals surface area contributed by atoms with Gasteiger partial charge in [-0.15, -0.1) is 0 Å². The predicted octanol–water partition coefficient (Wildman–Crippen LogP) is 4.19. The number of hydrogen-bond donors (Lipinski definition) is 1. The maximum Gasteiger partial charge on any atom is 0.418 e. The highest BCUT2D eigenvalue weighted by Gasteiger charge is 2.36. The van der Waals surface area contributed by atoms with E-state index in [-0.39, 0.29) is 0 Å². The molecule has 21 heavy (non-hydrogen) atoms. The summed E-state index contributed by atoms with van der Waals surface area (Å²) in [7, 11) is 0. The van der Waals surface area contributed by atoms with Gasteiger partial charge in [0, 0.05) is 35.3 Å². The lowest BCUT2D eigenvalue weighted by Gasteiger charge is -2.36. The first-order valence-electron chi connectivity index (χ1n) is 7.31. The molecule has 0 aromatic heterocycles. The molecular weight excluding hydrogens is 345 g/mol. The normalized spacial score (nSPS) is 23.4. The molecule has 2 aliphatic rings. The van der Waals surface area contributed by atoms with Crippen molar-refractivity contribution in [3.05, 3.63) is 28.2 Å². The van der Waals surface area contributed by atoms with Gasteiger partial charge in [0.2, 0.25) is 0 Å². The van der Waals surface area contributed by atoms with Gasteiger partial charge in [-0.05, 0) is 43.9 Å². The fourth-order valence-corrected chi connectivity index (χ4v) is 3.29. The van der Waals surface area contributed by atoms with E-state index < -0.39 is 11.7 Å². The molecule has 1 aromatic carbocycles. The lowest BCUT2D eigenvalue weighted by Crippen LogP contribution is -2.47. The Morgan fingerprint density at radius 2 is 1.90 bits per heavy atom. The number of anilines is 1. The fourth-order valence-electron chi connectivity index (χ4n) is 2.93. The fraction of sp³-hybridized carbons (Fsp3) is 0.600. The minimum absolute atomic E-state index is 0.299. The van der Waals surface area contributed by atoms with E-state index in [2.05, 4.69) is 21.2 Å². The second kappa shape index (κ2) is 5.80. The number of benzene rings is 1. The second-order valence-electron chi connectivity index (χ2n) is 5.89. The molecule has 2 nitrogen and oxygen atoms in total. The van der Waals surface area contributed by atoms with Crippen LogP contribution < -0.4 is 10.2 Å². The van der Waals surface area contributed by atoms with Crippen molar-refractivity contribution in [3.63, 3.8) is 0 Å². The number of alkyl halides is 3. The Morgan fingerprint density at radius 1 is 1.14 bits per heavy atom.